The van der Waals surface area contributed by atoms with Crippen LogP contribution in [0.5, 0.6) is 0 Å². The van der Waals surface area contributed by atoms with Crippen LogP contribution in [0.25, 0.3) is 0 Å². The normalized spacial score (nSPS) is 21.1. The van der Waals surface area contributed by atoms with E-state index in [-0.39, 0.29) is 17.6 Å². The van der Waals surface area contributed by atoms with Crippen LogP contribution in [0, 0.1) is 6.92 Å². The van der Waals surface area contributed by atoms with Gasteiger partial charge in [0.2, 0.25) is 5.91 Å². The number of hydrogen-bond acceptors (Lipinski definition) is 5. The zero-order valence-corrected chi connectivity index (χ0v) is 15.8. The molecule has 0 radical (unpaired) electrons. The van der Waals surface area contributed by atoms with Gasteiger partial charge < -0.3 is 14.6 Å². The third-order valence-corrected chi connectivity index (χ3v) is 5.75. The second-order valence-electron chi connectivity index (χ2n) is 7.65. The molecule has 1 atom stereocenters. The second kappa shape index (κ2) is 7.82. The van der Waals surface area contributed by atoms with E-state index in [1.54, 1.807) is 6.07 Å². The van der Waals surface area contributed by atoms with Crippen molar-refractivity contribution in [1.82, 2.24) is 10.1 Å². The quantitative estimate of drug-likeness (QED) is 0.890. The van der Waals surface area contributed by atoms with E-state index >= 15 is 0 Å². The molecule has 144 valence electrons. The molecular formula is C21H27N3O3. The predicted octanol–water partition coefficient (Wildman–Crippen LogP) is 3.70. The van der Waals surface area contributed by atoms with Crippen molar-refractivity contribution in [3.05, 3.63) is 47.7 Å². The van der Waals surface area contributed by atoms with Gasteiger partial charge in [0.25, 0.3) is 0 Å². The number of nitrogens with one attached hydrogen (secondary N) is 1. The Hall–Kier alpha value is -2.18. The van der Waals surface area contributed by atoms with Gasteiger partial charge in [-0.3, -0.25) is 9.69 Å². The maximum Gasteiger partial charge on any atom is 0.247 e. The minimum absolute atomic E-state index is 0.0235. The van der Waals surface area contributed by atoms with Crippen LogP contribution in [0.2, 0.25) is 0 Å². The van der Waals surface area contributed by atoms with Crippen molar-refractivity contribution in [3.8, 4) is 0 Å². The number of aromatic nitrogens is 1. The van der Waals surface area contributed by atoms with Crippen LogP contribution >= 0.6 is 0 Å². The molecule has 2 fully saturated rings. The maximum atomic E-state index is 13.1. The number of benzene rings is 1. The molecule has 0 bridgehead atoms. The van der Waals surface area contributed by atoms with Crippen molar-refractivity contribution in [2.45, 2.75) is 50.7 Å². The van der Waals surface area contributed by atoms with Crippen LogP contribution in [0.4, 0.5) is 5.82 Å². The van der Waals surface area contributed by atoms with Gasteiger partial charge in [-0.25, -0.2) is 0 Å². The van der Waals surface area contributed by atoms with Gasteiger partial charge in [-0.2, -0.15) is 0 Å². The minimum atomic E-state index is -0.343. The molecule has 1 unspecified atom stereocenters. The summed E-state index contributed by atoms with van der Waals surface area (Å²) in [5, 5.41) is 6.81. The van der Waals surface area contributed by atoms with Gasteiger partial charge in [0.1, 0.15) is 11.8 Å². The molecule has 2 aliphatic rings. The molecule has 1 amide bonds. The molecule has 27 heavy (non-hydrogen) atoms. The minimum Gasteiger partial charge on any atom is -0.375 e. The average molecular weight is 369 g/mol. The molecule has 6 nitrogen and oxygen atoms in total. The van der Waals surface area contributed by atoms with E-state index in [1.165, 1.54) is 6.42 Å². The largest absolute Gasteiger partial charge is 0.375 e. The molecule has 2 aliphatic heterocycles. The molecule has 1 N–H and O–H groups in total. The number of likely N-dealkylation sites (tertiary alicyclic amines) is 1. The number of amides is 1. The summed E-state index contributed by atoms with van der Waals surface area (Å²) in [5.41, 5.74) is 1.02. The number of rotatable bonds is 4. The third kappa shape index (κ3) is 4.06. The maximum absolute atomic E-state index is 13.1. The second-order valence-corrected chi connectivity index (χ2v) is 7.65. The van der Waals surface area contributed by atoms with E-state index in [0.717, 1.165) is 50.9 Å². The van der Waals surface area contributed by atoms with Crippen LogP contribution in [-0.4, -0.2) is 41.3 Å². The Morgan fingerprint density at radius 3 is 2.59 bits per heavy atom. The molecule has 0 saturated carbocycles. The Labute approximate surface area is 159 Å². The topological polar surface area (TPSA) is 67.6 Å². The summed E-state index contributed by atoms with van der Waals surface area (Å²) < 4.78 is 11.2. The smallest absolute Gasteiger partial charge is 0.247 e. The highest BCUT2D eigenvalue weighted by Gasteiger charge is 2.40. The molecule has 1 aromatic heterocycles. The zero-order chi connectivity index (χ0) is 18.7. The molecule has 1 spiro atoms. The fourth-order valence-corrected chi connectivity index (χ4v) is 4.28. The average Bonchev–Trinajstić information content (AvgIpc) is 3.10. The molecule has 6 heteroatoms. The van der Waals surface area contributed by atoms with Gasteiger partial charge in [-0.05, 0) is 44.6 Å². The summed E-state index contributed by atoms with van der Waals surface area (Å²) in [5.74, 6) is 1.06. The van der Waals surface area contributed by atoms with Gasteiger partial charge in [0, 0.05) is 25.8 Å². The number of ether oxygens (including phenoxy) is 1. The number of carbonyl (C=O) groups is 1. The number of piperidine rings is 1. The predicted molar refractivity (Wildman–Crippen MR) is 102 cm³/mol. The van der Waals surface area contributed by atoms with E-state index in [0.29, 0.717) is 11.6 Å². The summed E-state index contributed by atoms with van der Waals surface area (Å²) in [7, 11) is 0. The monoisotopic (exact) mass is 369 g/mol. The molecular weight excluding hydrogens is 342 g/mol. The summed E-state index contributed by atoms with van der Waals surface area (Å²) in [6, 6.07) is 11.3. The highest BCUT2D eigenvalue weighted by Crippen LogP contribution is 2.37. The van der Waals surface area contributed by atoms with Crippen molar-refractivity contribution in [1.29, 1.82) is 0 Å². The van der Waals surface area contributed by atoms with Crippen molar-refractivity contribution < 1.29 is 14.1 Å². The summed E-state index contributed by atoms with van der Waals surface area (Å²) in [6.45, 7) is 4.38. The first-order chi connectivity index (χ1) is 13.2. The van der Waals surface area contributed by atoms with Crippen LogP contribution in [0.15, 0.2) is 40.9 Å². The lowest BCUT2D eigenvalue weighted by atomic mass is 9.83. The van der Waals surface area contributed by atoms with Gasteiger partial charge in [0.05, 0.1) is 5.60 Å². The molecule has 1 aromatic carbocycles. The van der Waals surface area contributed by atoms with Crippen molar-refractivity contribution in [2.24, 2.45) is 0 Å². The number of aryl methyl sites for hydroxylation is 1. The van der Waals surface area contributed by atoms with E-state index in [2.05, 4.69) is 15.4 Å². The van der Waals surface area contributed by atoms with Gasteiger partial charge >= 0.3 is 0 Å². The molecule has 3 heterocycles. The van der Waals surface area contributed by atoms with E-state index < -0.39 is 0 Å². The Morgan fingerprint density at radius 1 is 1.19 bits per heavy atom. The van der Waals surface area contributed by atoms with E-state index in [4.69, 9.17) is 9.26 Å². The Kier molecular flexibility index (Phi) is 5.27. The standard InChI is InChI=1S/C21H27N3O3/c1-16-15-18(23-27-16)22-20(25)19(17-7-3-2-4-8-17)24-12-10-21(11-13-24)9-5-6-14-26-21/h2-4,7-8,15,19H,5-6,9-14H2,1H3,(H,22,23,25). The van der Waals surface area contributed by atoms with Gasteiger partial charge in [-0.15, -0.1) is 0 Å². The van der Waals surface area contributed by atoms with Crippen LogP contribution in [-0.2, 0) is 9.53 Å². The lowest BCUT2D eigenvalue weighted by Crippen LogP contribution is -2.50. The molecule has 2 saturated heterocycles. The third-order valence-electron chi connectivity index (χ3n) is 5.75. The first-order valence-corrected chi connectivity index (χ1v) is 9.82. The first-order valence-electron chi connectivity index (χ1n) is 9.82. The SMILES string of the molecule is Cc1cc(NC(=O)C(c2ccccc2)N2CCC3(CCCCO3)CC2)no1. The zero-order valence-electron chi connectivity index (χ0n) is 15.8. The van der Waals surface area contributed by atoms with Crippen LogP contribution in [0.3, 0.4) is 0 Å². The number of nitrogens with zero attached hydrogens (tertiary/aromatic N) is 2. The lowest BCUT2D eigenvalue weighted by Gasteiger charge is -2.45. The number of carbonyl (C=O) groups excluding carboxylic acids is 1. The van der Waals surface area contributed by atoms with E-state index in [1.807, 2.05) is 37.3 Å². The summed E-state index contributed by atoms with van der Waals surface area (Å²) >= 11 is 0. The van der Waals surface area contributed by atoms with Crippen molar-refractivity contribution >= 4 is 11.7 Å². The highest BCUT2D eigenvalue weighted by molar-refractivity contribution is 5.94. The van der Waals surface area contributed by atoms with E-state index in [9.17, 15) is 4.79 Å². The van der Waals surface area contributed by atoms with Crippen molar-refractivity contribution in [2.75, 3.05) is 25.0 Å². The Morgan fingerprint density at radius 2 is 1.96 bits per heavy atom. The molecule has 2 aromatic rings. The lowest BCUT2D eigenvalue weighted by molar-refractivity contribution is -0.131. The molecule has 0 aliphatic carbocycles. The summed E-state index contributed by atoms with van der Waals surface area (Å²) in [4.78, 5) is 15.4. The fraction of sp³-hybridized carbons (Fsp3) is 0.524. The van der Waals surface area contributed by atoms with Crippen molar-refractivity contribution in [3.63, 3.8) is 0 Å². The highest BCUT2D eigenvalue weighted by atomic mass is 16.5. The summed E-state index contributed by atoms with van der Waals surface area (Å²) in [6.07, 6.45) is 5.51. The Balaban J connectivity index is 1.51. The molecule has 4 rings (SSSR count). The Bertz CT molecular complexity index is 758. The van der Waals surface area contributed by atoms with Crippen LogP contribution < -0.4 is 5.32 Å². The fourth-order valence-electron chi connectivity index (χ4n) is 4.28. The number of anilines is 1. The number of hydrogen-bond donors (Lipinski definition) is 1. The van der Waals surface area contributed by atoms with Gasteiger partial charge in [0.15, 0.2) is 5.82 Å². The first kappa shape index (κ1) is 18.2. The van der Waals surface area contributed by atoms with Crippen LogP contribution in [0.1, 0.15) is 49.5 Å². The van der Waals surface area contributed by atoms with Gasteiger partial charge in [-0.1, -0.05) is 35.5 Å².